The number of hydrogen-bond acceptors (Lipinski definition) is 8. The molecule has 0 saturated carbocycles. The van der Waals surface area contributed by atoms with Crippen molar-refractivity contribution in [2.75, 3.05) is 6.79 Å². The maximum absolute atomic E-state index is 11.0. The predicted octanol–water partition coefficient (Wildman–Crippen LogP) is 3.52. The van der Waals surface area contributed by atoms with Gasteiger partial charge in [0, 0.05) is 11.6 Å². The minimum absolute atomic E-state index is 0.00895. The first kappa shape index (κ1) is 14.5. The average molecular weight is 343 g/mol. The Kier molecular flexibility index (Phi) is 3.54. The summed E-state index contributed by atoms with van der Waals surface area (Å²) in [7, 11) is 0. The second kappa shape index (κ2) is 5.85. The molecule has 1 aromatic heterocycles. The summed E-state index contributed by atoms with van der Waals surface area (Å²) in [5.41, 5.74) is 0.673. The summed E-state index contributed by atoms with van der Waals surface area (Å²) in [6.45, 7) is 0.182. The standard InChI is InChI=1S/C15H9N3O5S/c19-18(20)10-3-1-2-4-13(10)24-15-17-16-14(23-15)9-5-6-11-12(7-9)22-8-21-11/h1-7H,8H2. The van der Waals surface area contributed by atoms with Crippen LogP contribution in [-0.4, -0.2) is 21.9 Å². The number of ether oxygens (including phenoxy) is 2. The first-order chi connectivity index (χ1) is 11.7. The monoisotopic (exact) mass is 343 g/mol. The first-order valence-electron chi connectivity index (χ1n) is 6.85. The third-order valence-electron chi connectivity index (χ3n) is 3.29. The molecule has 4 rings (SSSR count). The molecule has 1 aliphatic rings. The van der Waals surface area contributed by atoms with Gasteiger partial charge < -0.3 is 13.9 Å². The lowest BCUT2D eigenvalue weighted by Gasteiger charge is -1.99. The zero-order valence-electron chi connectivity index (χ0n) is 12.0. The lowest BCUT2D eigenvalue weighted by atomic mass is 10.2. The molecule has 0 spiro atoms. The summed E-state index contributed by atoms with van der Waals surface area (Å²) < 4.78 is 16.2. The molecule has 1 aliphatic heterocycles. The molecule has 9 heteroatoms. The molecule has 0 amide bonds. The highest BCUT2D eigenvalue weighted by Crippen LogP contribution is 2.38. The van der Waals surface area contributed by atoms with Crippen molar-refractivity contribution in [1.29, 1.82) is 0 Å². The smallest absolute Gasteiger partial charge is 0.283 e. The van der Waals surface area contributed by atoms with Gasteiger partial charge in [0.05, 0.1) is 9.82 Å². The summed E-state index contributed by atoms with van der Waals surface area (Å²) >= 11 is 1.05. The normalized spacial score (nSPS) is 12.3. The molecular formula is C15H9N3O5S. The number of rotatable bonds is 4. The lowest BCUT2D eigenvalue weighted by Crippen LogP contribution is -1.92. The van der Waals surface area contributed by atoms with E-state index >= 15 is 0 Å². The fourth-order valence-corrected chi connectivity index (χ4v) is 2.97. The molecule has 120 valence electrons. The maximum Gasteiger partial charge on any atom is 0.283 e. The summed E-state index contributed by atoms with van der Waals surface area (Å²) in [6, 6.07) is 11.7. The number of hydrogen-bond donors (Lipinski definition) is 0. The van der Waals surface area contributed by atoms with Gasteiger partial charge in [-0.15, -0.1) is 10.2 Å². The lowest BCUT2D eigenvalue weighted by molar-refractivity contribution is -0.387. The molecule has 0 atom stereocenters. The molecule has 0 saturated heterocycles. The minimum atomic E-state index is -0.447. The minimum Gasteiger partial charge on any atom is -0.454 e. The molecule has 3 aromatic rings. The van der Waals surface area contributed by atoms with Crippen molar-refractivity contribution in [1.82, 2.24) is 10.2 Å². The van der Waals surface area contributed by atoms with E-state index in [0.717, 1.165) is 11.8 Å². The van der Waals surface area contributed by atoms with Crippen LogP contribution in [0.25, 0.3) is 11.5 Å². The predicted molar refractivity (Wildman–Crippen MR) is 83.1 cm³/mol. The number of nitrogens with zero attached hydrogens (tertiary/aromatic N) is 3. The van der Waals surface area contributed by atoms with Crippen molar-refractivity contribution in [3.8, 4) is 23.0 Å². The maximum atomic E-state index is 11.0. The Morgan fingerprint density at radius 2 is 1.92 bits per heavy atom. The highest BCUT2D eigenvalue weighted by Gasteiger charge is 2.19. The van der Waals surface area contributed by atoms with Crippen molar-refractivity contribution in [3.63, 3.8) is 0 Å². The number of nitro groups is 1. The molecule has 2 aromatic carbocycles. The number of benzene rings is 2. The van der Waals surface area contributed by atoms with Gasteiger partial charge in [-0.2, -0.15) is 0 Å². The third-order valence-corrected chi connectivity index (χ3v) is 4.19. The molecule has 0 radical (unpaired) electrons. The van der Waals surface area contributed by atoms with Crippen LogP contribution in [0.4, 0.5) is 5.69 Å². The summed E-state index contributed by atoms with van der Waals surface area (Å²) in [5.74, 6) is 1.57. The average Bonchev–Trinajstić information content (AvgIpc) is 3.23. The van der Waals surface area contributed by atoms with Crippen LogP contribution >= 0.6 is 11.8 Å². The van der Waals surface area contributed by atoms with Gasteiger partial charge in [0.25, 0.3) is 10.9 Å². The Hall–Kier alpha value is -3.07. The van der Waals surface area contributed by atoms with Crippen LogP contribution < -0.4 is 9.47 Å². The van der Waals surface area contributed by atoms with E-state index in [-0.39, 0.29) is 17.7 Å². The van der Waals surface area contributed by atoms with Crippen molar-refractivity contribution in [3.05, 3.63) is 52.6 Å². The Balaban J connectivity index is 1.61. The number of aromatic nitrogens is 2. The van der Waals surface area contributed by atoms with Crippen LogP contribution in [0.2, 0.25) is 0 Å². The van der Waals surface area contributed by atoms with Crippen LogP contribution in [0.3, 0.4) is 0 Å². The van der Waals surface area contributed by atoms with E-state index in [9.17, 15) is 10.1 Å². The van der Waals surface area contributed by atoms with E-state index in [1.54, 1.807) is 36.4 Å². The van der Waals surface area contributed by atoms with Crippen molar-refractivity contribution >= 4 is 17.4 Å². The number of fused-ring (bicyclic) bond motifs is 1. The molecule has 24 heavy (non-hydrogen) atoms. The highest BCUT2D eigenvalue weighted by molar-refractivity contribution is 7.99. The van der Waals surface area contributed by atoms with E-state index in [1.807, 2.05) is 0 Å². The zero-order valence-corrected chi connectivity index (χ0v) is 12.9. The van der Waals surface area contributed by atoms with Gasteiger partial charge in [-0.1, -0.05) is 12.1 Å². The fraction of sp³-hybridized carbons (Fsp3) is 0.0667. The molecule has 0 bridgehead atoms. The molecule has 8 nitrogen and oxygen atoms in total. The Bertz CT molecular complexity index is 927. The van der Waals surface area contributed by atoms with Gasteiger partial charge in [0.2, 0.25) is 12.7 Å². The van der Waals surface area contributed by atoms with Gasteiger partial charge >= 0.3 is 0 Å². The summed E-state index contributed by atoms with van der Waals surface area (Å²) in [4.78, 5) is 11.0. The Morgan fingerprint density at radius 3 is 2.79 bits per heavy atom. The Morgan fingerprint density at radius 1 is 1.08 bits per heavy atom. The third kappa shape index (κ3) is 2.65. The summed E-state index contributed by atoms with van der Waals surface area (Å²) in [5, 5.41) is 19.2. The van der Waals surface area contributed by atoms with Crippen molar-refractivity contribution in [2.24, 2.45) is 0 Å². The first-order valence-corrected chi connectivity index (χ1v) is 7.67. The largest absolute Gasteiger partial charge is 0.454 e. The van der Waals surface area contributed by atoms with E-state index in [1.165, 1.54) is 6.07 Å². The Labute approximate surface area is 139 Å². The van der Waals surface area contributed by atoms with Crippen molar-refractivity contribution < 1.29 is 18.8 Å². The SMILES string of the molecule is O=[N+]([O-])c1ccccc1Sc1nnc(-c2ccc3c(c2)OCO3)o1. The van der Waals surface area contributed by atoms with Gasteiger partial charge in [-0.3, -0.25) is 10.1 Å². The van der Waals surface area contributed by atoms with E-state index in [2.05, 4.69) is 10.2 Å². The van der Waals surface area contributed by atoms with Crippen LogP contribution in [0, 0.1) is 10.1 Å². The quantitative estimate of drug-likeness (QED) is 0.524. The number of para-hydroxylation sites is 1. The molecule has 0 unspecified atom stereocenters. The van der Waals surface area contributed by atoms with Crippen LogP contribution in [0.1, 0.15) is 0 Å². The molecule has 2 heterocycles. The van der Waals surface area contributed by atoms with E-state index < -0.39 is 4.92 Å². The second-order valence-electron chi connectivity index (χ2n) is 4.77. The number of nitro benzene ring substituents is 1. The van der Waals surface area contributed by atoms with Crippen LogP contribution in [0.15, 0.2) is 57.0 Å². The fourth-order valence-electron chi connectivity index (χ4n) is 2.19. The summed E-state index contributed by atoms with van der Waals surface area (Å²) in [6.07, 6.45) is 0. The topological polar surface area (TPSA) is 101 Å². The second-order valence-corrected chi connectivity index (χ2v) is 5.76. The van der Waals surface area contributed by atoms with E-state index in [4.69, 9.17) is 13.9 Å². The van der Waals surface area contributed by atoms with E-state index in [0.29, 0.717) is 27.8 Å². The van der Waals surface area contributed by atoms with Crippen molar-refractivity contribution in [2.45, 2.75) is 10.1 Å². The van der Waals surface area contributed by atoms with Gasteiger partial charge in [0.1, 0.15) is 0 Å². The highest BCUT2D eigenvalue weighted by atomic mass is 32.2. The molecular weight excluding hydrogens is 334 g/mol. The van der Waals surface area contributed by atoms with Gasteiger partial charge in [0.15, 0.2) is 11.5 Å². The van der Waals surface area contributed by atoms with Gasteiger partial charge in [-0.25, -0.2) is 0 Å². The molecule has 0 fully saturated rings. The molecule has 0 N–H and O–H groups in total. The molecule has 0 aliphatic carbocycles. The van der Waals surface area contributed by atoms with Crippen LogP contribution in [0.5, 0.6) is 11.5 Å². The van der Waals surface area contributed by atoms with Gasteiger partial charge in [-0.05, 0) is 36.0 Å². The van der Waals surface area contributed by atoms with Crippen LogP contribution in [-0.2, 0) is 0 Å². The zero-order chi connectivity index (χ0) is 16.5.